The molecule has 0 spiro atoms. The van der Waals surface area contributed by atoms with Gasteiger partial charge in [0.25, 0.3) is 0 Å². The van der Waals surface area contributed by atoms with E-state index in [0.29, 0.717) is 11.5 Å². The fourth-order valence-corrected chi connectivity index (χ4v) is 3.83. The van der Waals surface area contributed by atoms with Crippen LogP contribution in [0.3, 0.4) is 0 Å². The van der Waals surface area contributed by atoms with Crippen molar-refractivity contribution >= 4 is 0 Å². The fraction of sp³-hybridized carbons (Fsp3) is 0.520. The van der Waals surface area contributed by atoms with Crippen molar-refractivity contribution in [1.29, 1.82) is 0 Å². The minimum Gasteiger partial charge on any atom is -0.508 e. The number of hydrogen-bond acceptors (Lipinski definition) is 2. The maximum atomic E-state index is 10.4. The van der Waals surface area contributed by atoms with Gasteiger partial charge in [-0.15, -0.1) is 0 Å². The number of aryl methyl sites for hydroxylation is 2. The molecule has 2 heteroatoms. The van der Waals surface area contributed by atoms with E-state index in [1.54, 1.807) is 0 Å². The van der Waals surface area contributed by atoms with Gasteiger partial charge >= 0.3 is 0 Å². The van der Waals surface area contributed by atoms with Crippen molar-refractivity contribution in [3.05, 3.63) is 57.6 Å². The minimum absolute atomic E-state index is 0.0501. The molecule has 2 aromatic carbocycles. The first-order chi connectivity index (χ1) is 12.4. The average Bonchev–Trinajstić information content (AvgIpc) is 2.55. The number of benzene rings is 2. The molecule has 0 aliphatic heterocycles. The Labute approximate surface area is 165 Å². The van der Waals surface area contributed by atoms with Crippen molar-refractivity contribution in [3.8, 4) is 11.5 Å². The Morgan fingerprint density at radius 1 is 0.593 bits per heavy atom. The van der Waals surface area contributed by atoms with E-state index < -0.39 is 0 Å². The molecule has 0 amide bonds. The zero-order valence-corrected chi connectivity index (χ0v) is 18.3. The minimum atomic E-state index is -0.0501. The Kier molecular flexibility index (Phi) is 5.99. The summed E-state index contributed by atoms with van der Waals surface area (Å²) in [5.74, 6) is 0.782. The maximum Gasteiger partial charge on any atom is 0.119 e. The summed E-state index contributed by atoms with van der Waals surface area (Å²) in [6, 6.07) is 8.24. The molecule has 2 rings (SSSR count). The predicted octanol–water partition coefficient (Wildman–Crippen LogP) is 6.41. The smallest absolute Gasteiger partial charge is 0.119 e. The summed E-state index contributed by atoms with van der Waals surface area (Å²) in [5, 5.41) is 20.8. The highest BCUT2D eigenvalue weighted by molar-refractivity contribution is 5.51. The van der Waals surface area contributed by atoms with Gasteiger partial charge < -0.3 is 10.2 Å². The molecule has 0 bridgehead atoms. The molecule has 2 nitrogen and oxygen atoms in total. The molecule has 27 heavy (non-hydrogen) atoms. The SMILES string of the molecule is CCc1cc(Cc2cc(CC)c(O)cc2C(C)(C)C)c(C(C)(C)C)cc1O. The highest BCUT2D eigenvalue weighted by Crippen LogP contribution is 2.37. The molecule has 0 aliphatic carbocycles. The Hall–Kier alpha value is -1.96. The van der Waals surface area contributed by atoms with Gasteiger partial charge in [0, 0.05) is 0 Å². The maximum absolute atomic E-state index is 10.4. The van der Waals surface area contributed by atoms with Crippen LogP contribution in [0.5, 0.6) is 11.5 Å². The lowest BCUT2D eigenvalue weighted by Gasteiger charge is -2.28. The molecule has 0 radical (unpaired) electrons. The summed E-state index contributed by atoms with van der Waals surface area (Å²) in [4.78, 5) is 0. The van der Waals surface area contributed by atoms with Crippen molar-refractivity contribution in [2.24, 2.45) is 0 Å². The topological polar surface area (TPSA) is 40.5 Å². The lowest BCUT2D eigenvalue weighted by atomic mass is 9.77. The summed E-state index contributed by atoms with van der Waals surface area (Å²) < 4.78 is 0. The van der Waals surface area contributed by atoms with Gasteiger partial charge in [-0.2, -0.15) is 0 Å². The van der Waals surface area contributed by atoms with Crippen LogP contribution in [0.1, 0.15) is 88.8 Å². The number of rotatable bonds is 4. The second kappa shape index (κ2) is 7.58. The predicted molar refractivity (Wildman–Crippen MR) is 115 cm³/mol. The zero-order valence-electron chi connectivity index (χ0n) is 18.3. The van der Waals surface area contributed by atoms with Crippen LogP contribution in [-0.2, 0) is 30.1 Å². The van der Waals surface area contributed by atoms with E-state index in [-0.39, 0.29) is 10.8 Å². The lowest BCUT2D eigenvalue weighted by Crippen LogP contribution is -2.18. The van der Waals surface area contributed by atoms with E-state index in [1.807, 2.05) is 12.1 Å². The van der Waals surface area contributed by atoms with Gasteiger partial charge in [-0.1, -0.05) is 67.5 Å². The van der Waals surface area contributed by atoms with Crippen LogP contribution in [0.4, 0.5) is 0 Å². The number of aromatic hydroxyl groups is 2. The van der Waals surface area contributed by atoms with Crippen LogP contribution < -0.4 is 0 Å². The van der Waals surface area contributed by atoms with Gasteiger partial charge in [0.15, 0.2) is 0 Å². The van der Waals surface area contributed by atoms with Crippen molar-refractivity contribution in [1.82, 2.24) is 0 Å². The molecule has 0 fully saturated rings. The molecular weight excluding hydrogens is 332 g/mol. The molecular formula is C25H36O2. The van der Waals surface area contributed by atoms with Crippen molar-refractivity contribution in [2.75, 3.05) is 0 Å². The molecule has 0 atom stereocenters. The lowest BCUT2D eigenvalue weighted by molar-refractivity contribution is 0.463. The van der Waals surface area contributed by atoms with Gasteiger partial charge in [0.2, 0.25) is 0 Å². The van der Waals surface area contributed by atoms with E-state index in [4.69, 9.17) is 0 Å². The second-order valence-electron chi connectivity index (χ2n) is 9.66. The summed E-state index contributed by atoms with van der Waals surface area (Å²) in [6.07, 6.45) is 2.43. The molecule has 2 aromatic rings. The highest BCUT2D eigenvalue weighted by Gasteiger charge is 2.24. The van der Waals surface area contributed by atoms with E-state index in [0.717, 1.165) is 30.4 Å². The van der Waals surface area contributed by atoms with Gasteiger partial charge in [-0.05, 0) is 75.6 Å². The molecule has 0 saturated heterocycles. The van der Waals surface area contributed by atoms with Gasteiger partial charge in [-0.25, -0.2) is 0 Å². The molecule has 2 N–H and O–H groups in total. The van der Waals surface area contributed by atoms with Crippen LogP contribution in [-0.4, -0.2) is 10.2 Å². The highest BCUT2D eigenvalue weighted by atomic mass is 16.3. The van der Waals surface area contributed by atoms with Gasteiger partial charge in [0.05, 0.1) is 0 Å². The molecule has 0 saturated carbocycles. The quantitative estimate of drug-likeness (QED) is 0.655. The second-order valence-corrected chi connectivity index (χ2v) is 9.66. The summed E-state index contributed by atoms with van der Waals surface area (Å²) in [6.45, 7) is 17.3. The first-order valence-electron chi connectivity index (χ1n) is 10.1. The number of hydrogen-bond donors (Lipinski definition) is 2. The fourth-order valence-electron chi connectivity index (χ4n) is 3.83. The average molecular weight is 369 g/mol. The molecule has 0 heterocycles. The first kappa shape index (κ1) is 21.3. The summed E-state index contributed by atoms with van der Waals surface area (Å²) in [5.41, 5.74) is 6.77. The van der Waals surface area contributed by atoms with E-state index in [9.17, 15) is 10.2 Å². The monoisotopic (exact) mass is 368 g/mol. The number of phenolic OH excluding ortho intramolecular Hbond substituents is 2. The van der Waals surface area contributed by atoms with Crippen LogP contribution in [0, 0.1) is 0 Å². The largest absolute Gasteiger partial charge is 0.508 e. The van der Waals surface area contributed by atoms with Crippen molar-refractivity contribution in [2.45, 2.75) is 85.5 Å². The van der Waals surface area contributed by atoms with Crippen molar-refractivity contribution < 1.29 is 10.2 Å². The normalized spacial score (nSPS) is 12.4. The Balaban J connectivity index is 2.69. The summed E-state index contributed by atoms with van der Waals surface area (Å²) in [7, 11) is 0. The van der Waals surface area contributed by atoms with E-state index in [2.05, 4.69) is 67.5 Å². The third kappa shape index (κ3) is 4.66. The Bertz CT molecular complexity index is 748. The standard InChI is InChI=1S/C25H36O2/c1-9-16-11-18(20(14-22(16)26)24(3,4)5)13-19-12-17(10-2)23(27)15-21(19)25(6,7)8/h11-12,14-15,26-27H,9-10,13H2,1-8H3. The third-order valence-electron chi connectivity index (χ3n) is 5.37. The molecule has 148 valence electrons. The molecule has 0 aromatic heterocycles. The van der Waals surface area contributed by atoms with Crippen molar-refractivity contribution in [3.63, 3.8) is 0 Å². The zero-order chi connectivity index (χ0) is 20.6. The number of phenols is 2. The van der Waals surface area contributed by atoms with Crippen LogP contribution in [0.25, 0.3) is 0 Å². The van der Waals surface area contributed by atoms with Crippen LogP contribution >= 0.6 is 0 Å². The Morgan fingerprint density at radius 2 is 0.926 bits per heavy atom. The van der Waals surface area contributed by atoms with Gasteiger partial charge in [0.1, 0.15) is 11.5 Å². The van der Waals surface area contributed by atoms with Gasteiger partial charge in [-0.3, -0.25) is 0 Å². The van der Waals surface area contributed by atoms with Crippen LogP contribution in [0.2, 0.25) is 0 Å². The van der Waals surface area contributed by atoms with E-state index >= 15 is 0 Å². The first-order valence-corrected chi connectivity index (χ1v) is 10.1. The third-order valence-corrected chi connectivity index (χ3v) is 5.37. The van der Waals surface area contributed by atoms with E-state index in [1.165, 1.54) is 22.3 Å². The Morgan fingerprint density at radius 3 is 1.19 bits per heavy atom. The summed E-state index contributed by atoms with van der Waals surface area (Å²) >= 11 is 0. The molecule has 0 unspecified atom stereocenters. The molecule has 0 aliphatic rings. The van der Waals surface area contributed by atoms with Crippen LogP contribution in [0.15, 0.2) is 24.3 Å².